The molecular weight excluding hydrogens is 230 g/mol. The second-order valence-corrected chi connectivity index (χ2v) is 4.13. The molecule has 0 unspecified atom stereocenters. The van der Waals surface area contributed by atoms with Gasteiger partial charge in [0.05, 0.1) is 6.54 Å². The molecule has 0 fully saturated rings. The van der Waals surface area contributed by atoms with E-state index in [0.717, 1.165) is 22.6 Å². The molecule has 0 saturated heterocycles. The smallest absolute Gasteiger partial charge is 0.139 e. The van der Waals surface area contributed by atoms with Gasteiger partial charge in [-0.25, -0.2) is 4.98 Å². The number of H-pyrrole nitrogens is 1. The monoisotopic (exact) mass is 243 g/mol. The Hall–Kier alpha value is -1.81. The van der Waals surface area contributed by atoms with Crippen LogP contribution in [0, 0.1) is 11.6 Å². The van der Waals surface area contributed by atoms with Crippen molar-refractivity contribution in [1.82, 2.24) is 9.97 Å². The average molecular weight is 243 g/mol. The normalized spacial score (nSPS) is 10.2. The fourth-order valence-corrected chi connectivity index (χ4v) is 1.95. The van der Waals surface area contributed by atoms with Gasteiger partial charge in [0.25, 0.3) is 0 Å². The highest BCUT2D eigenvalue weighted by atomic mass is 32.1. The van der Waals surface area contributed by atoms with Gasteiger partial charge in [0.15, 0.2) is 0 Å². The number of benzene rings is 1. The lowest BCUT2D eigenvalue weighted by Gasteiger charge is -2.07. The van der Waals surface area contributed by atoms with E-state index in [-0.39, 0.29) is 0 Å². The molecule has 86 valence electrons. The highest BCUT2D eigenvalue weighted by molar-refractivity contribution is 7.71. The van der Waals surface area contributed by atoms with Crippen molar-refractivity contribution in [2.75, 3.05) is 0 Å². The lowest BCUT2D eigenvalue weighted by Crippen LogP contribution is -1.99. The Balaban J connectivity index is 2.53. The van der Waals surface area contributed by atoms with Gasteiger partial charge in [-0.3, -0.25) is 4.99 Å². The van der Waals surface area contributed by atoms with Crippen molar-refractivity contribution >= 4 is 18.9 Å². The molecule has 1 aromatic carbocycles. The van der Waals surface area contributed by atoms with E-state index in [1.807, 2.05) is 37.3 Å². The van der Waals surface area contributed by atoms with E-state index in [1.54, 1.807) is 0 Å². The van der Waals surface area contributed by atoms with Crippen LogP contribution < -0.4 is 0 Å². The molecule has 4 heteroatoms. The maximum atomic E-state index is 5.27. The van der Waals surface area contributed by atoms with Gasteiger partial charge >= 0.3 is 0 Å². The zero-order valence-electron chi connectivity index (χ0n) is 9.60. The molecule has 2 aromatic rings. The maximum absolute atomic E-state index is 5.27. The van der Waals surface area contributed by atoms with Crippen molar-refractivity contribution in [3.8, 4) is 11.4 Å². The van der Waals surface area contributed by atoms with Crippen molar-refractivity contribution in [2.45, 2.75) is 13.5 Å². The molecule has 1 N–H and O–H groups in total. The van der Waals surface area contributed by atoms with E-state index in [4.69, 9.17) is 12.2 Å². The zero-order valence-corrected chi connectivity index (χ0v) is 10.4. The van der Waals surface area contributed by atoms with Gasteiger partial charge in [-0.2, -0.15) is 0 Å². The number of nitrogens with zero attached hydrogens (tertiary/aromatic N) is 2. The average Bonchev–Trinajstić information content (AvgIpc) is 2.35. The van der Waals surface area contributed by atoms with Crippen LogP contribution in [-0.4, -0.2) is 16.7 Å². The minimum absolute atomic E-state index is 0.503. The summed E-state index contributed by atoms with van der Waals surface area (Å²) in [6.07, 6.45) is 0. The summed E-state index contributed by atoms with van der Waals surface area (Å²) in [6, 6.07) is 9.92. The molecule has 0 amide bonds. The van der Waals surface area contributed by atoms with Crippen LogP contribution in [0.4, 0.5) is 0 Å². The maximum Gasteiger partial charge on any atom is 0.139 e. The standard InChI is InChI=1S/C13H13N3S/c1-9-11(8-14-2)13(17)16-12(15-9)10-6-4-3-5-7-10/h3-7H,2,8H2,1H3,(H,15,16,17). The van der Waals surface area contributed by atoms with E-state index >= 15 is 0 Å². The van der Waals surface area contributed by atoms with Gasteiger partial charge in [-0.15, -0.1) is 0 Å². The number of aromatic amines is 1. The molecule has 1 heterocycles. The van der Waals surface area contributed by atoms with Crippen molar-refractivity contribution < 1.29 is 0 Å². The number of hydrogen-bond acceptors (Lipinski definition) is 3. The number of aromatic nitrogens is 2. The highest BCUT2D eigenvalue weighted by Crippen LogP contribution is 2.17. The highest BCUT2D eigenvalue weighted by Gasteiger charge is 2.05. The van der Waals surface area contributed by atoms with Crippen LogP contribution in [0.25, 0.3) is 11.4 Å². The van der Waals surface area contributed by atoms with Crippen molar-refractivity contribution in [3.63, 3.8) is 0 Å². The largest absolute Gasteiger partial charge is 0.343 e. The molecule has 3 nitrogen and oxygen atoms in total. The number of aryl methyl sites for hydroxylation is 1. The third-order valence-electron chi connectivity index (χ3n) is 2.55. The predicted octanol–water partition coefficient (Wildman–Crippen LogP) is 3.32. The predicted molar refractivity (Wildman–Crippen MR) is 72.8 cm³/mol. The molecular formula is C13H13N3S. The molecule has 2 rings (SSSR count). The van der Waals surface area contributed by atoms with Crippen LogP contribution in [0.15, 0.2) is 35.3 Å². The molecule has 0 atom stereocenters. The van der Waals surface area contributed by atoms with E-state index in [2.05, 4.69) is 21.7 Å². The summed E-state index contributed by atoms with van der Waals surface area (Å²) in [5.74, 6) is 0.793. The Morgan fingerprint density at radius 2 is 2.06 bits per heavy atom. The fourth-order valence-electron chi connectivity index (χ4n) is 1.64. The first-order valence-electron chi connectivity index (χ1n) is 5.30. The van der Waals surface area contributed by atoms with Crippen molar-refractivity contribution in [3.05, 3.63) is 46.2 Å². The van der Waals surface area contributed by atoms with E-state index in [9.17, 15) is 0 Å². The molecule has 0 radical (unpaired) electrons. The summed E-state index contributed by atoms with van der Waals surface area (Å²) < 4.78 is 0.590. The third kappa shape index (κ3) is 2.47. The van der Waals surface area contributed by atoms with Gasteiger partial charge in [0.2, 0.25) is 0 Å². The minimum atomic E-state index is 0.503. The van der Waals surface area contributed by atoms with Crippen LogP contribution in [-0.2, 0) is 6.54 Å². The van der Waals surface area contributed by atoms with Gasteiger partial charge in [-0.05, 0) is 13.6 Å². The van der Waals surface area contributed by atoms with E-state index in [1.165, 1.54) is 0 Å². The number of nitrogens with one attached hydrogen (secondary N) is 1. The first kappa shape index (κ1) is 11.7. The Bertz CT molecular complexity index is 587. The molecule has 0 saturated carbocycles. The first-order chi connectivity index (χ1) is 8.22. The zero-order chi connectivity index (χ0) is 12.3. The van der Waals surface area contributed by atoms with Gasteiger partial charge in [0.1, 0.15) is 10.5 Å². The Kier molecular flexibility index (Phi) is 3.44. The Morgan fingerprint density at radius 1 is 1.35 bits per heavy atom. The summed E-state index contributed by atoms with van der Waals surface area (Å²) in [5.41, 5.74) is 2.96. The molecule has 0 aliphatic heterocycles. The van der Waals surface area contributed by atoms with Crippen LogP contribution in [0.1, 0.15) is 11.3 Å². The molecule has 0 spiro atoms. The fraction of sp³-hybridized carbons (Fsp3) is 0.154. The minimum Gasteiger partial charge on any atom is -0.343 e. The molecule has 0 bridgehead atoms. The number of aliphatic imine (C=N–C) groups is 1. The molecule has 0 aliphatic carbocycles. The number of rotatable bonds is 3. The SMILES string of the molecule is C=NCc1c(C)[nH]c(-c2ccccc2)nc1=S. The summed E-state index contributed by atoms with van der Waals surface area (Å²) in [4.78, 5) is 11.5. The third-order valence-corrected chi connectivity index (χ3v) is 2.88. The van der Waals surface area contributed by atoms with Gasteiger partial charge in [0, 0.05) is 16.8 Å². The first-order valence-corrected chi connectivity index (χ1v) is 5.71. The van der Waals surface area contributed by atoms with Crippen LogP contribution in [0.2, 0.25) is 0 Å². The molecule has 17 heavy (non-hydrogen) atoms. The second kappa shape index (κ2) is 5.01. The van der Waals surface area contributed by atoms with Gasteiger partial charge < -0.3 is 4.98 Å². The molecule has 0 aliphatic rings. The van der Waals surface area contributed by atoms with Gasteiger partial charge in [-0.1, -0.05) is 42.5 Å². The quantitative estimate of drug-likeness (QED) is 0.663. The topological polar surface area (TPSA) is 41.0 Å². The van der Waals surface area contributed by atoms with Crippen LogP contribution >= 0.6 is 12.2 Å². The Morgan fingerprint density at radius 3 is 2.65 bits per heavy atom. The summed E-state index contributed by atoms with van der Waals surface area (Å²) in [7, 11) is 0. The summed E-state index contributed by atoms with van der Waals surface area (Å²) in [6.45, 7) is 5.96. The van der Waals surface area contributed by atoms with Crippen molar-refractivity contribution in [2.24, 2.45) is 4.99 Å². The van der Waals surface area contributed by atoms with E-state index < -0.39 is 0 Å². The Labute approximate surface area is 105 Å². The van der Waals surface area contributed by atoms with Crippen LogP contribution in [0.3, 0.4) is 0 Å². The second-order valence-electron chi connectivity index (χ2n) is 3.74. The summed E-state index contributed by atoms with van der Waals surface area (Å²) in [5, 5.41) is 0. The molecule has 1 aromatic heterocycles. The van der Waals surface area contributed by atoms with E-state index in [0.29, 0.717) is 11.2 Å². The lowest BCUT2D eigenvalue weighted by molar-refractivity contribution is 0.968. The number of hydrogen-bond donors (Lipinski definition) is 1. The lowest BCUT2D eigenvalue weighted by atomic mass is 10.2. The van der Waals surface area contributed by atoms with Crippen molar-refractivity contribution in [1.29, 1.82) is 0 Å². The summed E-state index contributed by atoms with van der Waals surface area (Å²) >= 11 is 5.27. The van der Waals surface area contributed by atoms with Crippen LogP contribution in [0.5, 0.6) is 0 Å².